The fraction of sp³-hybridized carbons (Fsp3) is 0.235. The molecule has 110 valence electrons. The van der Waals surface area contributed by atoms with Crippen molar-refractivity contribution in [2.75, 3.05) is 6.54 Å². The number of nitrogens with zero attached hydrogens (tertiary/aromatic N) is 1. The lowest BCUT2D eigenvalue weighted by Crippen LogP contribution is -2.36. The molecule has 0 spiro atoms. The highest BCUT2D eigenvalue weighted by Gasteiger charge is 2.17. The Morgan fingerprint density at radius 1 is 0.952 bits per heavy atom. The van der Waals surface area contributed by atoms with Crippen LogP contribution in [0.1, 0.15) is 11.1 Å². The third kappa shape index (κ3) is 4.93. The minimum Gasteiger partial charge on any atom is -0.465 e. The molecule has 2 rings (SSSR count). The van der Waals surface area contributed by atoms with Gasteiger partial charge in [-0.15, -0.1) is 0 Å². The maximum Gasteiger partial charge on any atom is 0.407 e. The molecule has 0 aromatic heterocycles. The summed E-state index contributed by atoms with van der Waals surface area (Å²) in [5.74, 6) is 0. The number of aliphatic hydroxyl groups is 1. The minimum atomic E-state index is -1.02. The number of carboxylic acid groups (broad SMARTS) is 1. The van der Waals surface area contributed by atoms with Gasteiger partial charge in [-0.05, 0) is 11.1 Å². The maximum absolute atomic E-state index is 11.3. The van der Waals surface area contributed by atoms with Crippen molar-refractivity contribution in [1.82, 2.24) is 4.90 Å². The van der Waals surface area contributed by atoms with E-state index < -0.39 is 12.2 Å². The van der Waals surface area contributed by atoms with Gasteiger partial charge in [-0.25, -0.2) is 4.79 Å². The van der Waals surface area contributed by atoms with Crippen LogP contribution in [0.3, 0.4) is 0 Å². The summed E-state index contributed by atoms with van der Waals surface area (Å²) in [6.45, 7) is 0.376. The van der Waals surface area contributed by atoms with Gasteiger partial charge in [0.25, 0.3) is 0 Å². The topological polar surface area (TPSA) is 60.8 Å². The van der Waals surface area contributed by atoms with Gasteiger partial charge in [-0.3, -0.25) is 0 Å². The Balaban J connectivity index is 1.95. The van der Waals surface area contributed by atoms with Gasteiger partial charge in [-0.1, -0.05) is 60.7 Å². The number of amides is 1. The maximum atomic E-state index is 11.3. The first-order valence-electron chi connectivity index (χ1n) is 6.89. The number of benzene rings is 2. The van der Waals surface area contributed by atoms with Gasteiger partial charge in [0.05, 0.1) is 12.6 Å². The van der Waals surface area contributed by atoms with Crippen LogP contribution >= 0.6 is 0 Å². The first kappa shape index (κ1) is 15.1. The lowest BCUT2D eigenvalue weighted by atomic mass is 10.1. The van der Waals surface area contributed by atoms with Crippen LogP contribution in [0.2, 0.25) is 0 Å². The fourth-order valence-corrected chi connectivity index (χ4v) is 2.22. The molecule has 4 heteroatoms. The van der Waals surface area contributed by atoms with E-state index in [1.165, 1.54) is 4.90 Å². The Labute approximate surface area is 124 Å². The Morgan fingerprint density at radius 2 is 1.48 bits per heavy atom. The van der Waals surface area contributed by atoms with E-state index in [4.69, 9.17) is 0 Å². The van der Waals surface area contributed by atoms with E-state index in [1.54, 1.807) is 0 Å². The molecule has 0 radical (unpaired) electrons. The van der Waals surface area contributed by atoms with E-state index >= 15 is 0 Å². The van der Waals surface area contributed by atoms with Crippen LogP contribution in [-0.2, 0) is 13.0 Å². The van der Waals surface area contributed by atoms with Gasteiger partial charge in [0, 0.05) is 13.0 Å². The summed E-state index contributed by atoms with van der Waals surface area (Å²) in [7, 11) is 0. The van der Waals surface area contributed by atoms with Crippen molar-refractivity contribution in [3.8, 4) is 0 Å². The van der Waals surface area contributed by atoms with Crippen molar-refractivity contribution < 1.29 is 15.0 Å². The summed E-state index contributed by atoms with van der Waals surface area (Å²) < 4.78 is 0. The standard InChI is InChI=1S/C17H19NO3/c19-16(11-14-7-3-1-4-8-14)13-18(17(20)21)12-15-9-5-2-6-10-15/h1-10,16,19H,11-13H2,(H,20,21). The van der Waals surface area contributed by atoms with E-state index in [2.05, 4.69) is 0 Å². The first-order chi connectivity index (χ1) is 10.1. The van der Waals surface area contributed by atoms with Gasteiger partial charge in [-0.2, -0.15) is 0 Å². The van der Waals surface area contributed by atoms with Crippen molar-refractivity contribution in [3.63, 3.8) is 0 Å². The number of aliphatic hydroxyl groups excluding tert-OH is 1. The van der Waals surface area contributed by atoms with Crippen molar-refractivity contribution in [2.45, 2.75) is 19.1 Å². The summed E-state index contributed by atoms with van der Waals surface area (Å²) >= 11 is 0. The number of hydrogen-bond acceptors (Lipinski definition) is 2. The lowest BCUT2D eigenvalue weighted by molar-refractivity contribution is 0.0935. The molecule has 2 N–H and O–H groups in total. The summed E-state index contributed by atoms with van der Waals surface area (Å²) in [5, 5.41) is 19.4. The molecule has 2 aromatic rings. The highest BCUT2D eigenvalue weighted by Crippen LogP contribution is 2.09. The monoisotopic (exact) mass is 285 g/mol. The van der Waals surface area contributed by atoms with Gasteiger partial charge >= 0.3 is 6.09 Å². The molecule has 0 aliphatic heterocycles. The molecule has 0 saturated carbocycles. The lowest BCUT2D eigenvalue weighted by Gasteiger charge is -2.22. The molecule has 0 aliphatic rings. The molecule has 0 heterocycles. The Morgan fingerprint density at radius 3 is 2.00 bits per heavy atom. The van der Waals surface area contributed by atoms with Crippen LogP contribution in [0.5, 0.6) is 0 Å². The number of rotatable bonds is 6. The zero-order valence-corrected chi connectivity index (χ0v) is 11.7. The van der Waals surface area contributed by atoms with E-state index in [-0.39, 0.29) is 13.1 Å². The highest BCUT2D eigenvalue weighted by molar-refractivity contribution is 5.65. The molecule has 2 aromatic carbocycles. The molecule has 21 heavy (non-hydrogen) atoms. The van der Waals surface area contributed by atoms with Crippen molar-refractivity contribution >= 4 is 6.09 Å². The second kappa shape index (κ2) is 7.45. The normalized spacial score (nSPS) is 11.9. The Bertz CT molecular complexity index is 557. The third-order valence-corrected chi connectivity index (χ3v) is 3.23. The molecule has 4 nitrogen and oxygen atoms in total. The summed E-state index contributed by atoms with van der Waals surface area (Å²) in [5.41, 5.74) is 1.90. The summed E-state index contributed by atoms with van der Waals surface area (Å²) in [6, 6.07) is 18.9. The summed E-state index contributed by atoms with van der Waals surface area (Å²) in [6.07, 6.45) is -1.29. The molecule has 0 bridgehead atoms. The average molecular weight is 285 g/mol. The molecule has 0 saturated heterocycles. The predicted octanol–water partition coefficient (Wildman–Crippen LogP) is 2.77. The highest BCUT2D eigenvalue weighted by atomic mass is 16.4. The first-order valence-corrected chi connectivity index (χ1v) is 6.89. The van der Waals surface area contributed by atoms with Crippen molar-refractivity contribution in [2.24, 2.45) is 0 Å². The van der Waals surface area contributed by atoms with Crippen LogP contribution < -0.4 is 0 Å². The number of carbonyl (C=O) groups is 1. The van der Waals surface area contributed by atoms with Crippen molar-refractivity contribution in [3.05, 3.63) is 71.8 Å². The largest absolute Gasteiger partial charge is 0.465 e. The van der Waals surface area contributed by atoms with Gasteiger partial charge in [0.15, 0.2) is 0 Å². The quantitative estimate of drug-likeness (QED) is 0.858. The second-order valence-electron chi connectivity index (χ2n) is 4.99. The molecular formula is C17H19NO3. The molecule has 0 aliphatic carbocycles. The average Bonchev–Trinajstić information content (AvgIpc) is 2.48. The summed E-state index contributed by atoms with van der Waals surface area (Å²) in [4.78, 5) is 12.5. The van der Waals surface area contributed by atoms with Gasteiger partial charge < -0.3 is 15.1 Å². The van der Waals surface area contributed by atoms with Gasteiger partial charge in [0.2, 0.25) is 0 Å². The zero-order chi connectivity index (χ0) is 15.1. The smallest absolute Gasteiger partial charge is 0.407 e. The Kier molecular flexibility index (Phi) is 5.35. The van der Waals surface area contributed by atoms with E-state index in [0.29, 0.717) is 6.42 Å². The van der Waals surface area contributed by atoms with Crippen LogP contribution in [-0.4, -0.2) is 33.9 Å². The number of hydrogen-bond donors (Lipinski definition) is 2. The fourth-order valence-electron chi connectivity index (χ4n) is 2.22. The van der Waals surface area contributed by atoms with E-state index in [9.17, 15) is 15.0 Å². The minimum absolute atomic E-state index is 0.0964. The zero-order valence-electron chi connectivity index (χ0n) is 11.7. The van der Waals surface area contributed by atoms with Crippen LogP contribution in [0.25, 0.3) is 0 Å². The van der Waals surface area contributed by atoms with Crippen molar-refractivity contribution in [1.29, 1.82) is 0 Å². The van der Waals surface area contributed by atoms with Crippen LogP contribution in [0.15, 0.2) is 60.7 Å². The van der Waals surface area contributed by atoms with Crippen LogP contribution in [0.4, 0.5) is 4.79 Å². The molecular weight excluding hydrogens is 266 g/mol. The molecule has 1 amide bonds. The third-order valence-electron chi connectivity index (χ3n) is 3.23. The van der Waals surface area contributed by atoms with Gasteiger partial charge in [0.1, 0.15) is 0 Å². The van der Waals surface area contributed by atoms with Crippen LogP contribution in [0, 0.1) is 0 Å². The Hall–Kier alpha value is -2.33. The molecule has 1 unspecified atom stereocenters. The molecule has 1 atom stereocenters. The molecule has 0 fully saturated rings. The SMILES string of the molecule is O=C(O)N(Cc1ccccc1)CC(O)Cc1ccccc1. The van der Waals surface area contributed by atoms with E-state index in [0.717, 1.165) is 11.1 Å². The van der Waals surface area contributed by atoms with E-state index in [1.807, 2.05) is 60.7 Å². The predicted molar refractivity (Wildman–Crippen MR) is 81.0 cm³/mol. The second-order valence-corrected chi connectivity index (χ2v) is 4.99.